The summed E-state index contributed by atoms with van der Waals surface area (Å²) < 4.78 is 27.7. The molecule has 2 N–H and O–H groups in total. The van der Waals surface area contributed by atoms with E-state index in [4.69, 9.17) is 0 Å². The van der Waals surface area contributed by atoms with Gasteiger partial charge >= 0.3 is 0 Å². The van der Waals surface area contributed by atoms with E-state index in [1.165, 1.54) is 18.9 Å². The van der Waals surface area contributed by atoms with E-state index in [1.807, 2.05) is 0 Å². The SMILES string of the molecule is Fc1cnc2[nH]cc(-c3ncc(F)c(NC4CCCCCC4)n3)c2c1. The van der Waals surface area contributed by atoms with Crippen molar-refractivity contribution in [3.8, 4) is 11.4 Å². The lowest BCUT2D eigenvalue weighted by Crippen LogP contribution is -2.20. The molecule has 0 saturated heterocycles. The second-order valence-corrected chi connectivity index (χ2v) is 6.48. The third kappa shape index (κ3) is 3.31. The van der Waals surface area contributed by atoms with Crippen molar-refractivity contribution in [2.24, 2.45) is 0 Å². The number of halogens is 2. The van der Waals surface area contributed by atoms with Gasteiger partial charge in [0.25, 0.3) is 0 Å². The van der Waals surface area contributed by atoms with Crippen LogP contribution in [0.25, 0.3) is 22.4 Å². The molecule has 0 bridgehead atoms. The largest absolute Gasteiger partial charge is 0.365 e. The van der Waals surface area contributed by atoms with E-state index < -0.39 is 11.6 Å². The number of fused-ring (bicyclic) bond motifs is 1. The smallest absolute Gasteiger partial charge is 0.183 e. The van der Waals surface area contributed by atoms with Gasteiger partial charge in [0.15, 0.2) is 17.5 Å². The Labute approximate surface area is 143 Å². The number of nitrogens with zero attached hydrogens (tertiary/aromatic N) is 3. The second kappa shape index (κ2) is 6.74. The van der Waals surface area contributed by atoms with Crippen LogP contribution in [0, 0.1) is 11.6 Å². The molecule has 1 aliphatic rings. The highest BCUT2D eigenvalue weighted by Gasteiger charge is 2.17. The first-order valence-corrected chi connectivity index (χ1v) is 8.63. The molecule has 1 aliphatic carbocycles. The predicted octanol–water partition coefficient (Wildman–Crippen LogP) is 4.43. The lowest BCUT2D eigenvalue weighted by molar-refractivity contribution is 0.587. The first kappa shape index (κ1) is 15.9. The average molecular weight is 343 g/mol. The van der Waals surface area contributed by atoms with Crippen molar-refractivity contribution in [1.29, 1.82) is 0 Å². The van der Waals surface area contributed by atoms with Gasteiger partial charge in [0.05, 0.1) is 12.4 Å². The number of pyridine rings is 1. The highest BCUT2D eigenvalue weighted by molar-refractivity contribution is 5.91. The highest BCUT2D eigenvalue weighted by Crippen LogP contribution is 2.28. The number of rotatable bonds is 3. The summed E-state index contributed by atoms with van der Waals surface area (Å²) in [5.74, 6) is -0.365. The van der Waals surface area contributed by atoms with Crippen molar-refractivity contribution in [2.75, 3.05) is 5.32 Å². The highest BCUT2D eigenvalue weighted by atomic mass is 19.1. The maximum Gasteiger partial charge on any atom is 0.183 e. The molecule has 0 aromatic carbocycles. The second-order valence-electron chi connectivity index (χ2n) is 6.48. The maximum absolute atomic E-state index is 14.2. The van der Waals surface area contributed by atoms with Crippen molar-refractivity contribution in [2.45, 2.75) is 44.6 Å². The fourth-order valence-electron chi connectivity index (χ4n) is 3.38. The molecule has 0 spiro atoms. The number of hydrogen-bond acceptors (Lipinski definition) is 4. The molecule has 0 atom stereocenters. The molecule has 0 aliphatic heterocycles. The standard InChI is InChI=1S/C18H19F2N5/c19-11-7-13-14(9-22-16(13)21-8-11)17-23-10-15(20)18(25-17)24-12-5-3-1-2-4-6-12/h7-10,12H,1-6H2,(H,21,22)(H,23,24,25). The van der Waals surface area contributed by atoms with Gasteiger partial charge in [-0.15, -0.1) is 0 Å². The molecule has 3 aromatic heterocycles. The topological polar surface area (TPSA) is 66.5 Å². The van der Waals surface area contributed by atoms with Gasteiger partial charge in [0.1, 0.15) is 11.5 Å². The molecule has 5 nitrogen and oxygen atoms in total. The predicted molar refractivity (Wildman–Crippen MR) is 92.1 cm³/mol. The Hall–Kier alpha value is -2.57. The zero-order valence-corrected chi connectivity index (χ0v) is 13.7. The molecule has 130 valence electrons. The Balaban J connectivity index is 1.67. The van der Waals surface area contributed by atoms with Crippen LogP contribution in [0.5, 0.6) is 0 Å². The summed E-state index contributed by atoms with van der Waals surface area (Å²) in [5.41, 5.74) is 1.15. The molecule has 4 rings (SSSR count). The minimum atomic E-state index is -0.475. The summed E-state index contributed by atoms with van der Waals surface area (Å²) in [6.45, 7) is 0. The molecule has 1 fully saturated rings. The Morgan fingerprint density at radius 2 is 1.84 bits per heavy atom. The molecule has 3 heterocycles. The molecular formula is C18H19F2N5. The van der Waals surface area contributed by atoms with Crippen LogP contribution in [-0.4, -0.2) is 26.0 Å². The molecule has 25 heavy (non-hydrogen) atoms. The summed E-state index contributed by atoms with van der Waals surface area (Å²) in [4.78, 5) is 15.4. The first-order valence-electron chi connectivity index (χ1n) is 8.63. The molecule has 1 saturated carbocycles. The van der Waals surface area contributed by atoms with E-state index in [0.717, 1.165) is 38.1 Å². The van der Waals surface area contributed by atoms with Gasteiger partial charge in [-0.2, -0.15) is 0 Å². The molecule has 0 unspecified atom stereocenters. The van der Waals surface area contributed by atoms with Crippen molar-refractivity contribution in [3.63, 3.8) is 0 Å². The number of anilines is 1. The zero-order valence-electron chi connectivity index (χ0n) is 13.7. The molecule has 7 heteroatoms. The Bertz CT molecular complexity index is 884. The van der Waals surface area contributed by atoms with Crippen molar-refractivity contribution in [3.05, 3.63) is 36.3 Å². The van der Waals surface area contributed by atoms with Crippen LogP contribution in [0.3, 0.4) is 0 Å². The summed E-state index contributed by atoms with van der Waals surface area (Å²) >= 11 is 0. The minimum absolute atomic E-state index is 0.204. The van der Waals surface area contributed by atoms with Gasteiger partial charge in [-0.1, -0.05) is 25.7 Å². The van der Waals surface area contributed by atoms with Crippen LogP contribution in [0.4, 0.5) is 14.6 Å². The van der Waals surface area contributed by atoms with Crippen molar-refractivity contribution >= 4 is 16.9 Å². The van der Waals surface area contributed by atoms with Gasteiger partial charge in [-0.05, 0) is 18.9 Å². The van der Waals surface area contributed by atoms with E-state index in [9.17, 15) is 8.78 Å². The van der Waals surface area contributed by atoms with Crippen LogP contribution in [0.15, 0.2) is 24.7 Å². The third-order valence-electron chi connectivity index (χ3n) is 4.68. The fraction of sp³-hybridized carbons (Fsp3) is 0.389. The molecule has 0 radical (unpaired) electrons. The quantitative estimate of drug-likeness (QED) is 0.690. The van der Waals surface area contributed by atoms with Crippen molar-refractivity contribution in [1.82, 2.24) is 19.9 Å². The van der Waals surface area contributed by atoms with E-state index in [0.29, 0.717) is 22.4 Å². The van der Waals surface area contributed by atoms with Crippen LogP contribution < -0.4 is 5.32 Å². The zero-order chi connectivity index (χ0) is 17.2. The molecule has 0 amide bonds. The number of hydrogen-bond donors (Lipinski definition) is 2. The Morgan fingerprint density at radius 1 is 1.04 bits per heavy atom. The monoisotopic (exact) mass is 343 g/mol. The van der Waals surface area contributed by atoms with Gasteiger partial charge in [0, 0.05) is 23.2 Å². The normalized spacial score (nSPS) is 16.1. The summed E-state index contributed by atoms with van der Waals surface area (Å²) in [5, 5.41) is 3.80. The van der Waals surface area contributed by atoms with Crippen LogP contribution >= 0.6 is 0 Å². The van der Waals surface area contributed by atoms with Gasteiger partial charge in [-0.3, -0.25) is 0 Å². The number of aromatic nitrogens is 4. The van der Waals surface area contributed by atoms with Crippen LogP contribution in [0.2, 0.25) is 0 Å². The molecule has 3 aromatic rings. The summed E-state index contributed by atoms with van der Waals surface area (Å²) in [7, 11) is 0. The summed E-state index contributed by atoms with van der Waals surface area (Å²) in [6.07, 6.45) is 10.7. The average Bonchev–Trinajstić information content (AvgIpc) is 2.84. The molecular weight excluding hydrogens is 324 g/mol. The number of H-pyrrole nitrogens is 1. The maximum atomic E-state index is 14.2. The van der Waals surface area contributed by atoms with Gasteiger partial charge in [-0.25, -0.2) is 23.7 Å². The number of aromatic amines is 1. The van der Waals surface area contributed by atoms with Gasteiger partial charge < -0.3 is 10.3 Å². The number of nitrogens with one attached hydrogen (secondary N) is 2. The van der Waals surface area contributed by atoms with E-state index in [2.05, 4.69) is 25.3 Å². The van der Waals surface area contributed by atoms with Crippen LogP contribution in [0.1, 0.15) is 38.5 Å². The van der Waals surface area contributed by atoms with E-state index >= 15 is 0 Å². The van der Waals surface area contributed by atoms with E-state index in [-0.39, 0.29) is 11.9 Å². The lowest BCUT2D eigenvalue weighted by Gasteiger charge is -2.17. The van der Waals surface area contributed by atoms with Crippen LogP contribution in [-0.2, 0) is 0 Å². The Kier molecular flexibility index (Phi) is 4.29. The Morgan fingerprint density at radius 3 is 2.64 bits per heavy atom. The third-order valence-corrected chi connectivity index (χ3v) is 4.68. The first-order chi connectivity index (χ1) is 12.2. The van der Waals surface area contributed by atoms with E-state index in [1.54, 1.807) is 6.20 Å². The van der Waals surface area contributed by atoms with Gasteiger partial charge in [0.2, 0.25) is 0 Å². The minimum Gasteiger partial charge on any atom is -0.365 e. The summed E-state index contributed by atoms with van der Waals surface area (Å²) in [6, 6.07) is 1.60. The fourth-order valence-corrected chi connectivity index (χ4v) is 3.38. The van der Waals surface area contributed by atoms with Crippen molar-refractivity contribution < 1.29 is 8.78 Å². The lowest BCUT2D eigenvalue weighted by atomic mass is 10.1.